The van der Waals surface area contributed by atoms with Crippen LogP contribution in [0.1, 0.15) is 17.5 Å². The van der Waals surface area contributed by atoms with Crippen LogP contribution in [0.2, 0.25) is 0 Å². The summed E-state index contributed by atoms with van der Waals surface area (Å²) in [4.78, 5) is 33.8. The van der Waals surface area contributed by atoms with Gasteiger partial charge in [-0.25, -0.2) is 0 Å². The SMILES string of the molecule is CN(C)CCCNC(=O)CO/N=C/c1ccc(-c2csc3[nH]c(=O)c(C#N)c(O)c23)cc1. The van der Waals surface area contributed by atoms with E-state index in [0.29, 0.717) is 22.3 Å². The Morgan fingerprint density at radius 1 is 1.38 bits per heavy atom. The second kappa shape index (κ2) is 10.6. The zero-order valence-corrected chi connectivity index (χ0v) is 18.5. The molecule has 3 rings (SSSR count). The van der Waals surface area contributed by atoms with Crippen LogP contribution in [0.3, 0.4) is 0 Å². The molecule has 0 saturated heterocycles. The Bertz CT molecular complexity index is 1220. The summed E-state index contributed by atoms with van der Waals surface area (Å²) in [7, 11) is 3.95. The molecule has 0 saturated carbocycles. The minimum atomic E-state index is -0.611. The van der Waals surface area contributed by atoms with Crippen molar-refractivity contribution in [2.75, 3.05) is 33.8 Å². The highest BCUT2D eigenvalue weighted by molar-refractivity contribution is 7.17. The van der Waals surface area contributed by atoms with Gasteiger partial charge in [-0.15, -0.1) is 11.3 Å². The number of aromatic nitrogens is 1. The van der Waals surface area contributed by atoms with Crippen molar-refractivity contribution in [3.05, 3.63) is 51.1 Å². The number of rotatable bonds is 9. The van der Waals surface area contributed by atoms with Gasteiger partial charge in [0.25, 0.3) is 11.5 Å². The van der Waals surface area contributed by atoms with Gasteiger partial charge in [-0.05, 0) is 38.2 Å². The Labute approximate surface area is 188 Å². The average molecular weight is 454 g/mol. The van der Waals surface area contributed by atoms with Crippen LogP contribution in [-0.4, -0.2) is 60.9 Å². The van der Waals surface area contributed by atoms with E-state index >= 15 is 0 Å². The summed E-state index contributed by atoms with van der Waals surface area (Å²) in [5.74, 6) is -0.545. The minimum Gasteiger partial charge on any atom is -0.506 e. The number of aromatic amines is 1. The summed E-state index contributed by atoms with van der Waals surface area (Å²) in [5.41, 5.74) is 1.35. The van der Waals surface area contributed by atoms with Gasteiger partial charge < -0.3 is 25.1 Å². The molecule has 0 atom stereocenters. The predicted octanol–water partition coefficient (Wildman–Crippen LogP) is 2.25. The van der Waals surface area contributed by atoms with E-state index in [9.17, 15) is 14.7 Å². The highest BCUT2D eigenvalue weighted by Gasteiger charge is 2.17. The van der Waals surface area contributed by atoms with Gasteiger partial charge >= 0.3 is 0 Å². The molecule has 0 aliphatic heterocycles. The molecule has 1 amide bonds. The highest BCUT2D eigenvalue weighted by Crippen LogP contribution is 2.38. The smallest absolute Gasteiger partial charge is 0.270 e. The van der Waals surface area contributed by atoms with Gasteiger partial charge in [0.1, 0.15) is 16.6 Å². The number of oxime groups is 1. The molecule has 0 spiro atoms. The highest BCUT2D eigenvalue weighted by atomic mass is 32.1. The van der Waals surface area contributed by atoms with Crippen LogP contribution in [-0.2, 0) is 9.63 Å². The molecule has 0 aliphatic rings. The number of hydrogen-bond acceptors (Lipinski definition) is 8. The largest absolute Gasteiger partial charge is 0.506 e. The Balaban J connectivity index is 1.61. The molecule has 0 fully saturated rings. The summed E-state index contributed by atoms with van der Waals surface area (Å²) in [6, 6.07) is 9.01. The van der Waals surface area contributed by atoms with Crippen LogP contribution in [0.4, 0.5) is 0 Å². The number of nitriles is 1. The zero-order valence-electron chi connectivity index (χ0n) is 17.7. The second-order valence-electron chi connectivity index (χ2n) is 7.28. The van der Waals surface area contributed by atoms with E-state index in [0.717, 1.165) is 24.1 Å². The van der Waals surface area contributed by atoms with Crippen LogP contribution in [0, 0.1) is 11.3 Å². The van der Waals surface area contributed by atoms with Gasteiger partial charge in [0.2, 0.25) is 0 Å². The maximum atomic E-state index is 11.8. The fraction of sp³-hybridized carbons (Fsp3) is 0.273. The Kier molecular flexibility index (Phi) is 7.59. The van der Waals surface area contributed by atoms with Crippen molar-refractivity contribution >= 4 is 33.7 Å². The number of carbonyl (C=O) groups is 1. The Morgan fingerprint density at radius 3 is 2.81 bits per heavy atom. The fourth-order valence-electron chi connectivity index (χ4n) is 3.02. The van der Waals surface area contributed by atoms with Gasteiger partial charge in [-0.3, -0.25) is 9.59 Å². The van der Waals surface area contributed by atoms with Crippen LogP contribution >= 0.6 is 11.3 Å². The van der Waals surface area contributed by atoms with Crippen molar-refractivity contribution in [2.24, 2.45) is 5.16 Å². The summed E-state index contributed by atoms with van der Waals surface area (Å²) in [6.45, 7) is 1.33. The first-order valence-electron chi connectivity index (χ1n) is 9.84. The molecule has 0 bridgehead atoms. The standard InChI is InChI=1S/C22H23N5O4S/c1-27(2)9-3-8-24-18(28)12-31-25-11-14-4-6-15(7-5-14)17-13-32-22-19(17)20(29)16(10-23)21(30)26-22/h4-7,11,13H,3,8-9,12H2,1-2H3,(H,24,28)(H2,26,29,30)/b25-11+. The zero-order chi connectivity index (χ0) is 23.1. The number of thiophene rings is 1. The maximum absolute atomic E-state index is 11.8. The third-order valence-electron chi connectivity index (χ3n) is 4.63. The molecular formula is C22H23N5O4S. The molecule has 0 unspecified atom stereocenters. The molecule has 10 heteroatoms. The second-order valence-corrected chi connectivity index (χ2v) is 8.16. The van der Waals surface area contributed by atoms with Gasteiger partial charge in [0, 0.05) is 17.5 Å². The monoisotopic (exact) mass is 453 g/mol. The van der Waals surface area contributed by atoms with Crippen LogP contribution in [0.25, 0.3) is 21.3 Å². The topological polar surface area (TPSA) is 131 Å². The summed E-state index contributed by atoms with van der Waals surface area (Å²) < 4.78 is 0. The molecule has 2 aromatic heterocycles. The van der Waals surface area contributed by atoms with Crippen LogP contribution in [0.5, 0.6) is 5.75 Å². The van der Waals surface area contributed by atoms with E-state index in [1.165, 1.54) is 17.6 Å². The lowest BCUT2D eigenvalue weighted by molar-refractivity contribution is -0.125. The lowest BCUT2D eigenvalue weighted by Crippen LogP contribution is -2.29. The maximum Gasteiger partial charge on any atom is 0.270 e. The summed E-state index contributed by atoms with van der Waals surface area (Å²) in [6.07, 6.45) is 2.36. The molecule has 9 nitrogen and oxygen atoms in total. The lowest BCUT2D eigenvalue weighted by atomic mass is 10.0. The van der Waals surface area contributed by atoms with Crippen molar-refractivity contribution in [2.45, 2.75) is 6.42 Å². The summed E-state index contributed by atoms with van der Waals surface area (Å²) >= 11 is 1.28. The number of amides is 1. The van der Waals surface area contributed by atoms with Crippen LogP contribution < -0.4 is 10.9 Å². The number of carbonyl (C=O) groups excluding carboxylic acids is 1. The van der Waals surface area contributed by atoms with E-state index in [1.807, 2.05) is 36.5 Å². The van der Waals surface area contributed by atoms with E-state index in [4.69, 9.17) is 10.1 Å². The van der Waals surface area contributed by atoms with Crippen molar-refractivity contribution in [3.8, 4) is 22.9 Å². The minimum absolute atomic E-state index is 0.157. The van der Waals surface area contributed by atoms with Crippen molar-refractivity contribution in [1.82, 2.24) is 15.2 Å². The van der Waals surface area contributed by atoms with Gasteiger partial charge in [-0.2, -0.15) is 5.26 Å². The van der Waals surface area contributed by atoms with E-state index in [-0.39, 0.29) is 23.8 Å². The van der Waals surface area contributed by atoms with E-state index in [1.54, 1.807) is 18.2 Å². The third-order valence-corrected chi connectivity index (χ3v) is 5.52. The molecular weight excluding hydrogens is 430 g/mol. The molecule has 1 aromatic carbocycles. The summed E-state index contributed by atoms with van der Waals surface area (Å²) in [5, 5.41) is 28.3. The third kappa shape index (κ3) is 5.51. The Hall–Kier alpha value is -3.68. The molecule has 2 heterocycles. The van der Waals surface area contributed by atoms with Crippen molar-refractivity contribution < 1.29 is 14.7 Å². The first kappa shape index (κ1) is 23.0. The first-order chi connectivity index (χ1) is 15.4. The molecule has 0 radical (unpaired) electrons. The average Bonchev–Trinajstić information content (AvgIpc) is 3.19. The van der Waals surface area contributed by atoms with Crippen molar-refractivity contribution in [3.63, 3.8) is 0 Å². The lowest BCUT2D eigenvalue weighted by Gasteiger charge is -2.09. The van der Waals surface area contributed by atoms with Gasteiger partial charge in [0.05, 0.1) is 11.6 Å². The van der Waals surface area contributed by atoms with E-state index in [2.05, 4.69) is 15.5 Å². The number of hydrogen-bond donors (Lipinski definition) is 3. The number of aromatic hydroxyl groups is 1. The molecule has 3 aromatic rings. The van der Waals surface area contributed by atoms with Gasteiger partial charge in [0.15, 0.2) is 12.2 Å². The molecule has 32 heavy (non-hydrogen) atoms. The molecule has 0 aliphatic carbocycles. The predicted molar refractivity (Wildman–Crippen MR) is 124 cm³/mol. The molecule has 3 N–H and O–H groups in total. The number of pyridine rings is 1. The number of benzene rings is 1. The fourth-order valence-corrected chi connectivity index (χ4v) is 3.98. The number of nitrogens with zero attached hydrogens (tertiary/aromatic N) is 3. The first-order valence-corrected chi connectivity index (χ1v) is 10.7. The van der Waals surface area contributed by atoms with Crippen molar-refractivity contribution in [1.29, 1.82) is 5.26 Å². The molecule has 166 valence electrons. The normalized spacial score (nSPS) is 11.2. The number of H-pyrrole nitrogens is 1. The number of nitrogens with one attached hydrogen (secondary N) is 2. The Morgan fingerprint density at radius 2 is 2.12 bits per heavy atom. The van der Waals surface area contributed by atoms with E-state index < -0.39 is 5.56 Å². The number of fused-ring (bicyclic) bond motifs is 1. The van der Waals surface area contributed by atoms with Crippen LogP contribution in [0.15, 0.2) is 39.6 Å². The quantitative estimate of drug-likeness (QED) is 0.259. The van der Waals surface area contributed by atoms with Gasteiger partial charge in [-0.1, -0.05) is 29.4 Å².